The van der Waals surface area contributed by atoms with Crippen molar-refractivity contribution in [3.8, 4) is 10.7 Å². The molecule has 4 heterocycles. The van der Waals surface area contributed by atoms with Gasteiger partial charge in [-0.1, -0.05) is 26.0 Å². The molecule has 2 radical (unpaired) electrons. The third kappa shape index (κ3) is 8.03. The molecule has 0 bridgehead atoms. The minimum absolute atomic E-state index is 0.0956. The van der Waals surface area contributed by atoms with Crippen LogP contribution in [0, 0.1) is 17.8 Å². The van der Waals surface area contributed by atoms with Crippen molar-refractivity contribution >= 4 is 42.9 Å². The number of hydrogen-bond donors (Lipinski definition) is 0. The molecule has 2 fully saturated rings. The van der Waals surface area contributed by atoms with Crippen LogP contribution in [0.2, 0.25) is 5.82 Å². The summed E-state index contributed by atoms with van der Waals surface area (Å²) in [6, 6.07) is -1.19. The molecule has 2 aromatic heterocycles. The average Bonchev–Trinajstić information content (AvgIpc) is 3.82. The van der Waals surface area contributed by atoms with E-state index in [9.17, 15) is 19.2 Å². The molecule has 0 spiro atoms. The number of carbonyl (C=O) groups excluding carboxylic acids is 4. The third-order valence-corrected chi connectivity index (χ3v) is 11.3. The average molecular weight is 699 g/mol. The third-order valence-electron chi connectivity index (χ3n) is 10.5. The minimum Gasteiger partial charge on any atom is -0.458 e. The number of nitrogens with zero attached hydrogens (tertiary/aromatic N) is 6. The molecule has 268 valence electrons. The molecule has 0 unspecified atom stereocenters. The number of cyclic esters (lactones) is 1. The number of hydrogen-bond acceptors (Lipinski definition) is 11. The number of carbonyl (C=O) groups is 4. The first-order valence-corrected chi connectivity index (χ1v) is 18.1. The fourth-order valence-corrected chi connectivity index (χ4v) is 8.22. The van der Waals surface area contributed by atoms with Gasteiger partial charge in [0, 0.05) is 51.2 Å². The van der Waals surface area contributed by atoms with Gasteiger partial charge in [0.15, 0.2) is 5.60 Å². The molecule has 49 heavy (non-hydrogen) atoms. The number of methoxy groups -OCH3 is 1. The second-order valence-electron chi connectivity index (χ2n) is 14.1. The predicted octanol–water partition coefficient (Wildman–Crippen LogP) is 4.56. The number of aryl methyl sites for hydroxylation is 1. The van der Waals surface area contributed by atoms with E-state index in [1.54, 1.807) is 41.6 Å². The van der Waals surface area contributed by atoms with Crippen molar-refractivity contribution in [2.24, 2.45) is 17.8 Å². The molecule has 2 saturated heterocycles. The first-order valence-electron chi connectivity index (χ1n) is 17.2. The van der Waals surface area contributed by atoms with E-state index in [0.717, 1.165) is 5.01 Å². The van der Waals surface area contributed by atoms with Crippen LogP contribution in [-0.4, -0.2) is 111 Å². The zero-order valence-electron chi connectivity index (χ0n) is 30.2. The maximum Gasteiger partial charge on any atom is 0.410 e. The molecule has 15 heteroatoms. The molecule has 0 N–H and O–H groups in total. The normalized spacial score (nSPS) is 33.4. The quantitative estimate of drug-likeness (QED) is 0.166. The number of rotatable bonds is 8. The number of thiazole rings is 1. The topological polar surface area (TPSA) is 146 Å². The highest BCUT2D eigenvalue weighted by molar-refractivity contribution is 7.13. The predicted molar refractivity (Wildman–Crippen MR) is 185 cm³/mol. The number of ketones is 1. The van der Waals surface area contributed by atoms with Gasteiger partial charge in [0.1, 0.15) is 28.5 Å². The van der Waals surface area contributed by atoms with Crippen molar-refractivity contribution in [1.29, 1.82) is 0 Å². The van der Waals surface area contributed by atoms with Crippen molar-refractivity contribution < 1.29 is 33.4 Å². The van der Waals surface area contributed by atoms with Gasteiger partial charge in [0.05, 0.1) is 31.7 Å². The molecule has 13 nitrogen and oxygen atoms in total. The minimum atomic E-state index is -1.32. The first-order chi connectivity index (χ1) is 23.1. The fourth-order valence-electron chi connectivity index (χ4n) is 7.63. The Balaban J connectivity index is 1.65. The second-order valence-corrected chi connectivity index (χ2v) is 15.0. The smallest absolute Gasteiger partial charge is 0.410 e. The van der Waals surface area contributed by atoms with Crippen LogP contribution in [0.15, 0.2) is 17.8 Å². The monoisotopic (exact) mass is 698 g/mol. The molecule has 9 atom stereocenters. The van der Waals surface area contributed by atoms with Crippen LogP contribution in [0.25, 0.3) is 10.7 Å². The van der Waals surface area contributed by atoms with Gasteiger partial charge in [-0.05, 0) is 65.1 Å². The Hall–Kier alpha value is -3.33. The van der Waals surface area contributed by atoms with E-state index in [1.165, 1.54) is 25.2 Å². The van der Waals surface area contributed by atoms with Gasteiger partial charge in [-0.2, -0.15) is 0 Å². The van der Waals surface area contributed by atoms with E-state index in [0.29, 0.717) is 51.0 Å². The Morgan fingerprint density at radius 3 is 2.45 bits per heavy atom. The zero-order valence-corrected chi connectivity index (χ0v) is 31.1. The first kappa shape index (κ1) is 38.5. The summed E-state index contributed by atoms with van der Waals surface area (Å²) in [6.45, 7) is 15.4. The van der Waals surface area contributed by atoms with Crippen molar-refractivity contribution in [3.05, 3.63) is 17.8 Å². The molecular weight excluding hydrogens is 647 g/mol. The highest BCUT2D eigenvalue weighted by atomic mass is 32.1. The molecule has 0 aromatic carbocycles. The van der Waals surface area contributed by atoms with Crippen LogP contribution in [0.1, 0.15) is 81.1 Å². The summed E-state index contributed by atoms with van der Waals surface area (Å²) < 4.78 is 19.9. The van der Waals surface area contributed by atoms with E-state index < -0.39 is 59.1 Å². The summed E-state index contributed by atoms with van der Waals surface area (Å²) in [5.74, 6) is -3.87. The fraction of sp³-hybridized carbons (Fsp3) is 0.735. The standard InChI is InChI=1S/C34H51BN6O7S/c1-10-26-34(8)29(40(32(45)48-34)15-12-11-14-39-19-25(37-38-39)30-36-13-16-49-30)23(5)41(24(6)42)18-20(2)17-33(7,46-9)28(35)21(3)27(43)22(4)31(44)47-26/h13,16,19-23,26,28-29H,10-12,14-15,17-18H2,1-9H3/t20-,21+,22-,23-,26-,28-,29-,33-,34-/m1/s1. The van der Waals surface area contributed by atoms with E-state index >= 15 is 0 Å². The van der Waals surface area contributed by atoms with Gasteiger partial charge < -0.3 is 19.1 Å². The van der Waals surface area contributed by atoms with Crippen LogP contribution < -0.4 is 0 Å². The van der Waals surface area contributed by atoms with Gasteiger partial charge in [-0.15, -0.1) is 16.4 Å². The molecule has 4 rings (SSSR count). The Morgan fingerprint density at radius 1 is 1.14 bits per heavy atom. The lowest BCUT2D eigenvalue weighted by Gasteiger charge is -2.44. The van der Waals surface area contributed by atoms with Crippen LogP contribution in [-0.2, 0) is 35.1 Å². The second kappa shape index (κ2) is 15.7. The summed E-state index contributed by atoms with van der Waals surface area (Å²) >= 11 is 1.49. The van der Waals surface area contributed by atoms with Gasteiger partial charge in [-0.25, -0.2) is 9.78 Å². The number of esters is 1. The SMILES string of the molecule is [B][C@@H]1[C@@H](C)C(=O)[C@@H](C)C(=O)O[C@H](CC)[C@@]2(C)OC(=O)N(CCCCn3cc(-c4nccs4)nn3)[C@@H]2[C@@H](C)N(C(C)=O)C[C@H](C)C[C@@]1(C)OC. The summed E-state index contributed by atoms with van der Waals surface area (Å²) in [5.41, 5.74) is -1.54. The van der Waals surface area contributed by atoms with Crippen LogP contribution in [0.4, 0.5) is 4.79 Å². The van der Waals surface area contributed by atoms with Crippen LogP contribution >= 0.6 is 11.3 Å². The molecule has 2 amide bonds. The molecule has 2 aliphatic heterocycles. The van der Waals surface area contributed by atoms with Crippen LogP contribution in [0.3, 0.4) is 0 Å². The van der Waals surface area contributed by atoms with E-state index in [2.05, 4.69) is 15.3 Å². The highest BCUT2D eigenvalue weighted by Crippen LogP contribution is 2.42. The zero-order chi connectivity index (χ0) is 36.3. The number of unbranched alkanes of at least 4 members (excludes halogenated alkanes) is 1. The Labute approximate surface area is 294 Å². The summed E-state index contributed by atoms with van der Waals surface area (Å²) in [7, 11) is 8.23. The molecule has 2 aromatic rings. The number of aromatic nitrogens is 4. The Kier molecular flexibility index (Phi) is 12.3. The van der Waals surface area contributed by atoms with E-state index in [4.69, 9.17) is 22.1 Å². The summed E-state index contributed by atoms with van der Waals surface area (Å²) in [5, 5.41) is 11.1. The lowest BCUT2D eigenvalue weighted by atomic mass is 9.62. The van der Waals surface area contributed by atoms with E-state index in [1.807, 2.05) is 39.3 Å². The summed E-state index contributed by atoms with van der Waals surface area (Å²) in [4.78, 5) is 62.0. The van der Waals surface area contributed by atoms with Gasteiger partial charge in [0.2, 0.25) is 5.91 Å². The van der Waals surface area contributed by atoms with Crippen molar-refractivity contribution in [2.45, 2.75) is 123 Å². The number of ether oxygens (including phenoxy) is 3. The number of Topliss-reactive ketones (excluding diaryl/α,β-unsaturated/α-hetero) is 1. The molecule has 2 aliphatic rings. The lowest BCUT2D eigenvalue weighted by Crippen LogP contribution is -2.62. The molecular formula is C34H51BN6O7S. The van der Waals surface area contributed by atoms with E-state index in [-0.39, 0.29) is 17.6 Å². The Bertz CT molecular complexity index is 1470. The van der Waals surface area contributed by atoms with Gasteiger partial charge in [-0.3, -0.25) is 24.0 Å². The largest absolute Gasteiger partial charge is 0.458 e. The van der Waals surface area contributed by atoms with Gasteiger partial charge in [0.25, 0.3) is 0 Å². The highest BCUT2D eigenvalue weighted by Gasteiger charge is 2.59. The Morgan fingerprint density at radius 2 is 1.84 bits per heavy atom. The summed E-state index contributed by atoms with van der Waals surface area (Å²) in [6.07, 6.45) is 4.20. The number of fused-ring (bicyclic) bond motifs is 1. The maximum atomic E-state index is 13.7. The maximum absolute atomic E-state index is 13.7. The van der Waals surface area contributed by atoms with Crippen molar-refractivity contribution in [3.63, 3.8) is 0 Å². The molecule has 0 saturated carbocycles. The molecule has 0 aliphatic carbocycles. The number of amides is 2. The van der Waals surface area contributed by atoms with Gasteiger partial charge >= 0.3 is 12.1 Å². The lowest BCUT2D eigenvalue weighted by molar-refractivity contribution is -0.171. The van der Waals surface area contributed by atoms with Crippen molar-refractivity contribution in [1.82, 2.24) is 29.8 Å². The van der Waals surface area contributed by atoms with Crippen molar-refractivity contribution in [2.75, 3.05) is 20.2 Å². The van der Waals surface area contributed by atoms with Crippen LogP contribution in [0.5, 0.6) is 0 Å².